The Bertz CT molecular complexity index is 5820. The lowest BCUT2D eigenvalue weighted by Crippen LogP contribution is -2.61. The number of fused-ring (bicyclic) bond motifs is 11. The van der Waals surface area contributed by atoms with Gasteiger partial charge in [0.2, 0.25) is 0 Å². The maximum atomic E-state index is 6.82. The van der Waals surface area contributed by atoms with Crippen LogP contribution in [0.2, 0.25) is 0 Å². The van der Waals surface area contributed by atoms with Gasteiger partial charge in [0.15, 0.2) is 11.6 Å². The SMILES string of the molecule is c1ccc(-c2cc(-c3ccc(-n4c5ccccc5c5c6oc7ccccc7c6ccc54)c(-c4nc(-c5ccccc5)cc(-c5cccc(-c6ccc(N7c8ccccc8B8c9ccccc9N(c9ccccc9)c9cccc7c98)cc6)c5)n4)c3)nc(-c3ccccc3)n2)cc1. The van der Waals surface area contributed by atoms with Gasteiger partial charge in [0.25, 0.3) is 6.71 Å². The average Bonchev–Trinajstić information content (AvgIpc) is 1.71. The summed E-state index contributed by atoms with van der Waals surface area (Å²) in [4.78, 5) is 26.7. The van der Waals surface area contributed by atoms with Crippen molar-refractivity contribution in [2.45, 2.75) is 0 Å². The molecular formula is C86H54BN7O. The minimum atomic E-state index is 0.0649. The number of aromatic nitrogens is 5. The van der Waals surface area contributed by atoms with E-state index in [9.17, 15) is 0 Å². The van der Waals surface area contributed by atoms with E-state index in [1.165, 1.54) is 39.1 Å². The highest BCUT2D eigenvalue weighted by molar-refractivity contribution is 7.00. The van der Waals surface area contributed by atoms with Crippen LogP contribution in [0.15, 0.2) is 332 Å². The molecule has 2 aliphatic heterocycles. The predicted molar refractivity (Wildman–Crippen MR) is 391 cm³/mol. The van der Waals surface area contributed by atoms with Crippen LogP contribution in [-0.2, 0) is 0 Å². The predicted octanol–water partition coefficient (Wildman–Crippen LogP) is 20.0. The first-order chi connectivity index (χ1) is 47.1. The second kappa shape index (κ2) is 22.0. The summed E-state index contributed by atoms with van der Waals surface area (Å²) in [7, 11) is 0. The molecule has 95 heavy (non-hydrogen) atoms. The highest BCUT2D eigenvalue weighted by Gasteiger charge is 2.43. The van der Waals surface area contributed by atoms with Crippen LogP contribution in [0, 0.1) is 0 Å². The van der Waals surface area contributed by atoms with E-state index in [1.807, 2.05) is 42.5 Å². The Morgan fingerprint density at radius 1 is 0.284 bits per heavy atom. The quantitative estimate of drug-likeness (QED) is 0.126. The number of hydrogen-bond donors (Lipinski definition) is 0. The molecule has 0 fully saturated rings. The molecule has 0 spiro atoms. The number of hydrogen-bond acceptors (Lipinski definition) is 7. The van der Waals surface area contributed by atoms with Crippen molar-refractivity contribution in [2.75, 3.05) is 9.80 Å². The molecule has 0 atom stereocenters. The topological polar surface area (TPSA) is 76.1 Å². The molecular weight excluding hydrogens is 1160 g/mol. The molecule has 0 amide bonds. The van der Waals surface area contributed by atoms with E-state index in [4.69, 9.17) is 24.4 Å². The van der Waals surface area contributed by atoms with Gasteiger partial charge in [-0.2, -0.15) is 0 Å². The minimum Gasteiger partial charge on any atom is -0.455 e. The van der Waals surface area contributed by atoms with Gasteiger partial charge in [0.05, 0.1) is 44.9 Å². The third kappa shape index (κ3) is 8.92. The molecule has 0 radical (unpaired) electrons. The molecule has 0 N–H and O–H groups in total. The normalized spacial score (nSPS) is 12.4. The number of para-hydroxylation sites is 5. The van der Waals surface area contributed by atoms with Crippen molar-refractivity contribution in [3.63, 3.8) is 0 Å². The zero-order valence-electron chi connectivity index (χ0n) is 51.3. The summed E-state index contributed by atoms with van der Waals surface area (Å²) in [6.07, 6.45) is 0. The molecule has 0 saturated carbocycles. The van der Waals surface area contributed by atoms with Crippen molar-refractivity contribution in [1.29, 1.82) is 0 Å². The third-order valence-electron chi connectivity index (χ3n) is 19.0. The lowest BCUT2D eigenvalue weighted by atomic mass is 9.33. The molecule has 9 heteroatoms. The van der Waals surface area contributed by atoms with Crippen molar-refractivity contribution >= 4 is 101 Å². The maximum absolute atomic E-state index is 6.82. The van der Waals surface area contributed by atoms with Crippen LogP contribution >= 0.6 is 0 Å². The first kappa shape index (κ1) is 54.1. The van der Waals surface area contributed by atoms with Gasteiger partial charge in [-0.05, 0) is 131 Å². The number of anilines is 6. The number of rotatable bonds is 10. The summed E-state index contributed by atoms with van der Waals surface area (Å²) in [5.74, 6) is 1.20. The summed E-state index contributed by atoms with van der Waals surface area (Å²) in [6, 6.07) is 116. The van der Waals surface area contributed by atoms with Crippen LogP contribution in [0.3, 0.4) is 0 Å². The van der Waals surface area contributed by atoms with Gasteiger partial charge in [-0.1, -0.05) is 224 Å². The minimum absolute atomic E-state index is 0.0649. The van der Waals surface area contributed by atoms with Crippen molar-refractivity contribution in [2.24, 2.45) is 0 Å². The Morgan fingerprint density at radius 2 is 0.768 bits per heavy atom. The van der Waals surface area contributed by atoms with Gasteiger partial charge < -0.3 is 18.8 Å². The van der Waals surface area contributed by atoms with Crippen LogP contribution in [0.25, 0.3) is 128 Å². The first-order valence-electron chi connectivity index (χ1n) is 32.2. The van der Waals surface area contributed by atoms with Crippen LogP contribution in [0.4, 0.5) is 34.1 Å². The van der Waals surface area contributed by atoms with Crippen LogP contribution < -0.4 is 26.2 Å². The van der Waals surface area contributed by atoms with E-state index in [-0.39, 0.29) is 6.71 Å². The summed E-state index contributed by atoms with van der Waals surface area (Å²) in [5, 5.41) is 4.28. The highest BCUT2D eigenvalue weighted by Crippen LogP contribution is 2.47. The van der Waals surface area contributed by atoms with Crippen molar-refractivity contribution in [3.05, 3.63) is 328 Å². The summed E-state index contributed by atoms with van der Waals surface area (Å²) < 4.78 is 9.18. The number of furan rings is 1. The van der Waals surface area contributed by atoms with E-state index >= 15 is 0 Å². The first-order valence-corrected chi connectivity index (χ1v) is 32.2. The Labute approximate surface area is 548 Å². The van der Waals surface area contributed by atoms with E-state index in [2.05, 4.69) is 299 Å². The van der Waals surface area contributed by atoms with Gasteiger partial charge in [-0.15, -0.1) is 0 Å². The Morgan fingerprint density at radius 3 is 1.43 bits per heavy atom. The van der Waals surface area contributed by atoms with Gasteiger partial charge in [0, 0.05) is 83.7 Å². The van der Waals surface area contributed by atoms with Gasteiger partial charge in [-0.3, -0.25) is 0 Å². The third-order valence-corrected chi connectivity index (χ3v) is 19.0. The fourth-order valence-corrected chi connectivity index (χ4v) is 14.7. The van der Waals surface area contributed by atoms with Crippen LogP contribution in [0.1, 0.15) is 0 Å². The van der Waals surface area contributed by atoms with Gasteiger partial charge in [-0.25, -0.2) is 19.9 Å². The van der Waals surface area contributed by atoms with Crippen molar-refractivity contribution in [3.8, 4) is 84.6 Å². The van der Waals surface area contributed by atoms with E-state index in [0.29, 0.717) is 11.6 Å². The molecule has 0 bridgehead atoms. The zero-order chi connectivity index (χ0) is 62.5. The summed E-state index contributed by atoms with van der Waals surface area (Å²) in [5.41, 5.74) is 26.4. The molecule has 17 aromatic rings. The molecule has 4 aromatic heterocycles. The molecule has 2 aliphatic rings. The molecule has 0 aliphatic carbocycles. The second-order valence-electron chi connectivity index (χ2n) is 24.4. The average molecular weight is 1210 g/mol. The molecule has 6 heterocycles. The lowest BCUT2D eigenvalue weighted by Gasteiger charge is -2.44. The standard InChI is InChI=1S/C86H54BN7O/c1-5-23-56(24-6-1)70-53-73(89-85(88-70)58-27-9-3-10-28-58)61-45-49-75(94-74-37-17-13-34-66(74)82-78(94)50-48-65-64-33-14-20-42-81(64)95-84(65)82)67(52-61)86-90-71(57-25-7-2-8-26-57)54-72(91-86)60-30-21-29-59(51-60)55-43-46-63(47-44-55)93-77-39-19-16-36-69(77)87-68-35-15-18-38-76(68)92(62-31-11-4-12-32-62)79-40-22-41-80(93)83(79)87/h1-54H. The number of nitrogens with zero attached hydrogens (tertiary/aromatic N) is 7. The molecule has 442 valence electrons. The van der Waals surface area contributed by atoms with Crippen molar-refractivity contribution < 1.29 is 4.42 Å². The number of benzene rings is 13. The zero-order valence-corrected chi connectivity index (χ0v) is 51.3. The second-order valence-corrected chi connectivity index (χ2v) is 24.4. The van der Waals surface area contributed by atoms with E-state index < -0.39 is 0 Å². The molecule has 8 nitrogen and oxygen atoms in total. The van der Waals surface area contributed by atoms with Crippen LogP contribution in [-0.4, -0.2) is 31.2 Å². The monoisotopic (exact) mass is 1210 g/mol. The summed E-state index contributed by atoms with van der Waals surface area (Å²) in [6.45, 7) is 0.0649. The Balaban J connectivity index is 0.771. The summed E-state index contributed by atoms with van der Waals surface area (Å²) >= 11 is 0. The molecule has 19 rings (SSSR count). The highest BCUT2D eigenvalue weighted by atomic mass is 16.3. The molecule has 13 aromatic carbocycles. The molecule has 0 unspecified atom stereocenters. The fourth-order valence-electron chi connectivity index (χ4n) is 14.7. The van der Waals surface area contributed by atoms with E-state index in [0.717, 1.165) is 128 Å². The Kier molecular flexibility index (Phi) is 12.5. The van der Waals surface area contributed by atoms with Crippen molar-refractivity contribution in [1.82, 2.24) is 24.5 Å². The van der Waals surface area contributed by atoms with Crippen LogP contribution in [0.5, 0.6) is 0 Å². The van der Waals surface area contributed by atoms with Gasteiger partial charge >= 0.3 is 0 Å². The fraction of sp³-hybridized carbons (Fsp3) is 0. The largest absolute Gasteiger partial charge is 0.455 e. The molecule has 0 saturated heterocycles. The van der Waals surface area contributed by atoms with E-state index in [1.54, 1.807) is 0 Å². The lowest BCUT2D eigenvalue weighted by molar-refractivity contribution is 0.673. The Hall–Kier alpha value is -12.7. The smallest absolute Gasteiger partial charge is 0.252 e. The maximum Gasteiger partial charge on any atom is 0.252 e. The van der Waals surface area contributed by atoms with Gasteiger partial charge in [0.1, 0.15) is 11.2 Å².